The van der Waals surface area contributed by atoms with Crippen LogP contribution in [0.1, 0.15) is 53.1 Å². The van der Waals surface area contributed by atoms with Gasteiger partial charge in [-0.25, -0.2) is 4.79 Å². The molecule has 8 rings (SSSR count). The van der Waals surface area contributed by atoms with Gasteiger partial charge in [0.2, 0.25) is 5.91 Å². The van der Waals surface area contributed by atoms with Crippen LogP contribution in [0, 0.1) is 10.1 Å². The molecule has 14 heteroatoms. The number of piperazine rings is 1. The van der Waals surface area contributed by atoms with E-state index in [-0.39, 0.29) is 54.9 Å². The number of alkyl carbamates (subject to hydrolysis) is 1. The van der Waals surface area contributed by atoms with Crippen molar-refractivity contribution in [2.75, 3.05) is 37.6 Å². The van der Waals surface area contributed by atoms with Gasteiger partial charge in [-0.15, -0.1) is 0 Å². The molecule has 0 aromatic heterocycles. The van der Waals surface area contributed by atoms with Gasteiger partial charge in [0.15, 0.2) is 6.29 Å². The van der Waals surface area contributed by atoms with Crippen molar-refractivity contribution >= 4 is 29.3 Å². The van der Waals surface area contributed by atoms with Crippen LogP contribution in [-0.2, 0) is 43.6 Å². The first-order valence-electron chi connectivity index (χ1n) is 20.4. The first kappa shape index (κ1) is 41.3. The van der Waals surface area contributed by atoms with Gasteiger partial charge in [0.05, 0.1) is 36.7 Å². The van der Waals surface area contributed by atoms with Crippen LogP contribution in [0.3, 0.4) is 0 Å². The summed E-state index contributed by atoms with van der Waals surface area (Å²) in [7, 11) is 0. The fourth-order valence-corrected chi connectivity index (χ4v) is 8.03. The van der Waals surface area contributed by atoms with Crippen molar-refractivity contribution in [1.82, 2.24) is 15.1 Å². The number of ether oxygens (including phenoxy) is 3. The van der Waals surface area contributed by atoms with Crippen LogP contribution in [0.25, 0.3) is 11.1 Å². The standard InChI is InChI=1S/C47H47N5O9/c53-30-32-9-11-36(12-10-32)43-26-41(29-49-21-23-50(24-22-49)39-17-19-40(20-18-39)52(57)58)60-46(61-43)37-15-13-35(14-16-37)38-8-4-7-34(25-38)28-51-44(54)27-42(45(51)55)48-47(56)59-31-33-5-2-1-3-6-33/h1-20,25,41-43,46,53H,21-24,26-31H2,(H,48,56)/t41-,42?,43+,46+/m1/s1. The van der Waals surface area contributed by atoms with Gasteiger partial charge in [-0.05, 0) is 51.6 Å². The minimum Gasteiger partial charge on any atom is -0.445 e. The number of rotatable bonds is 13. The lowest BCUT2D eigenvalue weighted by Crippen LogP contribution is -2.49. The summed E-state index contributed by atoms with van der Waals surface area (Å²) in [5.74, 6) is -0.847. The molecule has 0 saturated carbocycles. The van der Waals surface area contributed by atoms with Crippen molar-refractivity contribution in [3.05, 3.63) is 165 Å². The Balaban J connectivity index is 0.902. The lowest BCUT2D eigenvalue weighted by atomic mass is 9.98. The van der Waals surface area contributed by atoms with E-state index in [0.717, 1.165) is 70.8 Å². The summed E-state index contributed by atoms with van der Waals surface area (Å²) in [6, 6.07) is 38.4. The number of benzene rings is 5. The van der Waals surface area contributed by atoms with E-state index in [2.05, 4.69) is 15.1 Å². The largest absolute Gasteiger partial charge is 0.445 e. The van der Waals surface area contributed by atoms with Gasteiger partial charge < -0.3 is 29.5 Å². The lowest BCUT2D eigenvalue weighted by molar-refractivity contribution is -0.384. The van der Waals surface area contributed by atoms with Crippen molar-refractivity contribution in [2.45, 2.75) is 57.1 Å². The molecule has 0 radical (unpaired) electrons. The highest BCUT2D eigenvalue weighted by atomic mass is 16.7. The third-order valence-electron chi connectivity index (χ3n) is 11.4. The highest BCUT2D eigenvalue weighted by Gasteiger charge is 2.40. The second kappa shape index (κ2) is 18.9. The number of amides is 3. The number of hydrogen-bond donors (Lipinski definition) is 2. The monoisotopic (exact) mass is 825 g/mol. The van der Waals surface area contributed by atoms with Crippen LogP contribution in [0.4, 0.5) is 16.2 Å². The van der Waals surface area contributed by atoms with E-state index in [1.807, 2.05) is 103 Å². The molecule has 1 unspecified atom stereocenters. The topological polar surface area (TPSA) is 164 Å². The molecule has 5 aromatic carbocycles. The fraction of sp³-hybridized carbons (Fsp3) is 0.298. The quantitative estimate of drug-likeness (QED) is 0.0740. The molecule has 3 saturated heterocycles. The molecule has 14 nitrogen and oxygen atoms in total. The molecule has 3 amide bonds. The van der Waals surface area contributed by atoms with Crippen LogP contribution in [0.15, 0.2) is 127 Å². The average Bonchev–Trinajstić information content (AvgIpc) is 3.55. The van der Waals surface area contributed by atoms with Gasteiger partial charge in [-0.3, -0.25) is 29.5 Å². The summed E-state index contributed by atoms with van der Waals surface area (Å²) in [6.07, 6.45) is -1.24. The first-order valence-corrected chi connectivity index (χ1v) is 20.4. The molecule has 0 aliphatic carbocycles. The van der Waals surface area contributed by atoms with Crippen molar-refractivity contribution in [3.63, 3.8) is 0 Å². The Labute approximate surface area is 353 Å². The number of aliphatic hydroxyl groups excluding tert-OH is 1. The summed E-state index contributed by atoms with van der Waals surface area (Å²) in [5, 5.41) is 23.3. The zero-order valence-corrected chi connectivity index (χ0v) is 33.5. The number of nitro benzene ring substituents is 1. The third-order valence-corrected chi connectivity index (χ3v) is 11.4. The minimum atomic E-state index is -0.991. The number of nitro groups is 1. The summed E-state index contributed by atoms with van der Waals surface area (Å²) in [4.78, 5) is 55.1. The number of imide groups is 1. The Morgan fingerprint density at radius 1 is 0.787 bits per heavy atom. The van der Waals surface area contributed by atoms with Crippen LogP contribution in [0.5, 0.6) is 0 Å². The maximum Gasteiger partial charge on any atom is 0.408 e. The molecule has 314 valence electrons. The van der Waals surface area contributed by atoms with Crippen LogP contribution in [-0.4, -0.2) is 82.6 Å². The Bertz CT molecular complexity index is 2320. The van der Waals surface area contributed by atoms with Crippen LogP contribution >= 0.6 is 0 Å². The molecule has 3 heterocycles. The summed E-state index contributed by atoms with van der Waals surface area (Å²) < 4.78 is 18.5. The Morgan fingerprint density at radius 3 is 2.20 bits per heavy atom. The number of nitrogens with one attached hydrogen (secondary N) is 1. The molecule has 4 atom stereocenters. The van der Waals surface area contributed by atoms with E-state index < -0.39 is 24.3 Å². The number of anilines is 1. The van der Waals surface area contributed by atoms with E-state index in [0.29, 0.717) is 13.0 Å². The third kappa shape index (κ3) is 10.1. The van der Waals surface area contributed by atoms with E-state index in [9.17, 15) is 29.6 Å². The van der Waals surface area contributed by atoms with Gasteiger partial charge in [0.1, 0.15) is 12.6 Å². The van der Waals surface area contributed by atoms with E-state index in [1.54, 1.807) is 24.3 Å². The highest BCUT2D eigenvalue weighted by molar-refractivity contribution is 6.06. The highest BCUT2D eigenvalue weighted by Crippen LogP contribution is 2.39. The predicted octanol–water partition coefficient (Wildman–Crippen LogP) is 6.68. The average molecular weight is 826 g/mol. The molecule has 3 aliphatic heterocycles. The maximum absolute atomic E-state index is 13.2. The molecule has 2 N–H and O–H groups in total. The van der Waals surface area contributed by atoms with Gasteiger partial charge in [-0.2, -0.15) is 0 Å². The van der Waals surface area contributed by atoms with E-state index in [1.165, 1.54) is 4.90 Å². The van der Waals surface area contributed by atoms with Gasteiger partial charge in [0, 0.05) is 62.5 Å². The number of non-ortho nitro benzene ring substituents is 1. The first-order chi connectivity index (χ1) is 29.7. The minimum absolute atomic E-state index is 0.0400. The number of hydrogen-bond acceptors (Lipinski definition) is 11. The van der Waals surface area contributed by atoms with Gasteiger partial charge in [-0.1, -0.05) is 97.1 Å². The second-order valence-corrected chi connectivity index (χ2v) is 15.5. The van der Waals surface area contributed by atoms with Crippen molar-refractivity contribution in [1.29, 1.82) is 0 Å². The van der Waals surface area contributed by atoms with Gasteiger partial charge >= 0.3 is 6.09 Å². The summed E-state index contributed by atoms with van der Waals surface area (Å²) in [5.41, 5.74) is 7.14. The van der Waals surface area contributed by atoms with Crippen molar-refractivity contribution in [3.8, 4) is 11.1 Å². The molecule has 61 heavy (non-hydrogen) atoms. The summed E-state index contributed by atoms with van der Waals surface area (Å²) >= 11 is 0. The molecular formula is C47H47N5O9. The van der Waals surface area contributed by atoms with Crippen molar-refractivity contribution in [2.24, 2.45) is 0 Å². The van der Waals surface area contributed by atoms with Gasteiger partial charge in [0.25, 0.3) is 11.6 Å². The zero-order chi connectivity index (χ0) is 42.3. The fourth-order valence-electron chi connectivity index (χ4n) is 8.03. The number of carbonyl (C=O) groups is 3. The summed E-state index contributed by atoms with van der Waals surface area (Å²) in [6.45, 7) is 3.99. The van der Waals surface area contributed by atoms with Crippen LogP contribution in [0.2, 0.25) is 0 Å². The molecule has 0 spiro atoms. The Morgan fingerprint density at radius 2 is 1.49 bits per heavy atom. The number of aliphatic hydroxyl groups is 1. The lowest BCUT2D eigenvalue weighted by Gasteiger charge is -2.41. The van der Waals surface area contributed by atoms with Crippen LogP contribution < -0.4 is 10.2 Å². The Hall–Kier alpha value is -6.45. The number of likely N-dealkylation sites (tertiary alicyclic amines) is 1. The maximum atomic E-state index is 13.2. The van der Waals surface area contributed by atoms with Crippen molar-refractivity contribution < 1.29 is 38.6 Å². The molecule has 5 aromatic rings. The van der Waals surface area contributed by atoms with E-state index in [4.69, 9.17) is 14.2 Å². The SMILES string of the molecule is O=C(NC1CC(=O)N(Cc2cccc(-c3ccc([C@H]4O[C@@H](CN5CCN(c6ccc([N+](=O)[O-])cc6)CC5)C[C@@H](c5ccc(CO)cc5)O4)cc3)c2)C1=O)OCc1ccccc1. The molecule has 0 bridgehead atoms. The normalized spacial score (nSPS) is 20.7. The number of nitrogens with zero attached hydrogens (tertiary/aromatic N) is 4. The number of carbonyl (C=O) groups excluding carboxylic acids is 3. The molecule has 3 aliphatic rings. The zero-order valence-electron chi connectivity index (χ0n) is 33.5. The predicted molar refractivity (Wildman–Crippen MR) is 226 cm³/mol. The molecule has 3 fully saturated rings. The second-order valence-electron chi connectivity index (χ2n) is 15.5. The molecular weight excluding hydrogens is 779 g/mol. The smallest absolute Gasteiger partial charge is 0.408 e. The van der Waals surface area contributed by atoms with E-state index >= 15 is 0 Å². The Kier molecular flexibility index (Phi) is 12.8.